The minimum Gasteiger partial charge on any atom is -0.268 e. The number of hydrogen-bond donors (Lipinski definition) is 0. The van der Waals surface area contributed by atoms with Crippen LogP contribution in [-0.2, 0) is 15.6 Å². The van der Waals surface area contributed by atoms with Crippen LogP contribution in [0, 0.1) is 13.8 Å². The molecule has 0 aliphatic carbocycles. The van der Waals surface area contributed by atoms with Crippen molar-refractivity contribution in [2.24, 2.45) is 0 Å². The summed E-state index contributed by atoms with van der Waals surface area (Å²) in [5.74, 6) is 0. The van der Waals surface area contributed by atoms with Crippen LogP contribution in [0.1, 0.15) is 17.8 Å². The van der Waals surface area contributed by atoms with Crippen LogP contribution in [0.25, 0.3) is 0 Å². The van der Waals surface area contributed by atoms with Crippen LogP contribution in [0.15, 0.2) is 4.90 Å². The van der Waals surface area contributed by atoms with Crippen molar-refractivity contribution in [3.63, 3.8) is 0 Å². The normalized spacial score (nSPS) is 13.1. The van der Waals surface area contributed by atoms with Gasteiger partial charge in [-0.2, -0.15) is 18.3 Å². The van der Waals surface area contributed by atoms with Crippen LogP contribution in [0.2, 0.25) is 0 Å². The fourth-order valence-corrected chi connectivity index (χ4v) is 3.01. The summed E-state index contributed by atoms with van der Waals surface area (Å²) in [6.07, 6.45) is -5.39. The zero-order valence-corrected chi connectivity index (χ0v) is 10.6. The van der Waals surface area contributed by atoms with E-state index < -0.39 is 28.2 Å². The van der Waals surface area contributed by atoms with Gasteiger partial charge in [0.25, 0.3) is 9.05 Å². The minimum absolute atomic E-state index is 0.0969. The van der Waals surface area contributed by atoms with Crippen LogP contribution in [0.3, 0.4) is 0 Å². The molecule has 9 heteroatoms. The molecule has 0 radical (unpaired) electrons. The van der Waals surface area contributed by atoms with Gasteiger partial charge in [0.2, 0.25) is 0 Å². The summed E-state index contributed by atoms with van der Waals surface area (Å²) in [4.78, 5) is -0.221. The summed E-state index contributed by atoms with van der Waals surface area (Å²) in [7, 11) is 1.18. The van der Waals surface area contributed by atoms with Gasteiger partial charge in [-0.15, -0.1) is 0 Å². The van der Waals surface area contributed by atoms with E-state index >= 15 is 0 Å². The molecule has 0 aliphatic heterocycles. The first kappa shape index (κ1) is 14.3. The average Bonchev–Trinajstić information content (AvgIpc) is 2.35. The van der Waals surface area contributed by atoms with E-state index in [1.54, 1.807) is 0 Å². The standard InChI is InChI=1S/C8H10ClF3N2O2S/c1-5-7(17(9,15)16)6(2)14(13-5)4-3-8(10,11)12/h3-4H2,1-2H3. The highest BCUT2D eigenvalue weighted by molar-refractivity contribution is 8.13. The molecule has 17 heavy (non-hydrogen) atoms. The quantitative estimate of drug-likeness (QED) is 0.803. The predicted molar refractivity (Wildman–Crippen MR) is 55.4 cm³/mol. The third-order valence-electron chi connectivity index (χ3n) is 2.17. The molecule has 98 valence electrons. The Kier molecular flexibility index (Phi) is 3.78. The SMILES string of the molecule is Cc1nn(CCC(F)(F)F)c(C)c1S(=O)(=O)Cl. The van der Waals surface area contributed by atoms with Crippen LogP contribution in [-0.4, -0.2) is 24.4 Å². The molecule has 0 amide bonds. The molecule has 1 rings (SSSR count). The molecular formula is C8H10ClF3N2O2S. The molecule has 0 atom stereocenters. The molecule has 0 saturated heterocycles. The highest BCUT2D eigenvalue weighted by atomic mass is 35.7. The molecule has 0 aliphatic rings. The van der Waals surface area contributed by atoms with Gasteiger partial charge < -0.3 is 0 Å². The van der Waals surface area contributed by atoms with Gasteiger partial charge >= 0.3 is 6.18 Å². The van der Waals surface area contributed by atoms with E-state index in [0.29, 0.717) is 0 Å². The van der Waals surface area contributed by atoms with Gasteiger partial charge in [0, 0.05) is 17.2 Å². The molecule has 0 fully saturated rings. The van der Waals surface area contributed by atoms with Crippen LogP contribution in [0.5, 0.6) is 0 Å². The maximum absolute atomic E-state index is 12.0. The topological polar surface area (TPSA) is 52.0 Å². The summed E-state index contributed by atoms with van der Waals surface area (Å²) < 4.78 is 59.4. The Morgan fingerprint density at radius 2 is 1.88 bits per heavy atom. The van der Waals surface area contributed by atoms with E-state index in [0.717, 1.165) is 4.68 Å². The summed E-state index contributed by atoms with van der Waals surface area (Å²) in [5.41, 5.74) is 0.210. The number of hydrogen-bond acceptors (Lipinski definition) is 3. The lowest BCUT2D eigenvalue weighted by Gasteiger charge is -2.07. The number of nitrogens with zero attached hydrogens (tertiary/aromatic N) is 2. The molecule has 0 N–H and O–H groups in total. The van der Waals surface area contributed by atoms with Crippen molar-refractivity contribution in [3.05, 3.63) is 11.4 Å². The summed E-state index contributed by atoms with van der Waals surface area (Å²) in [6.45, 7) is 2.32. The molecule has 4 nitrogen and oxygen atoms in total. The van der Waals surface area contributed by atoms with Crippen molar-refractivity contribution in [2.75, 3.05) is 0 Å². The van der Waals surface area contributed by atoms with E-state index in [4.69, 9.17) is 10.7 Å². The van der Waals surface area contributed by atoms with Crippen molar-refractivity contribution in [1.82, 2.24) is 9.78 Å². The molecule has 1 aromatic rings. The van der Waals surface area contributed by atoms with Gasteiger partial charge in [-0.1, -0.05) is 0 Å². The maximum Gasteiger partial charge on any atom is 0.390 e. The highest BCUT2D eigenvalue weighted by Gasteiger charge is 2.28. The molecule has 1 heterocycles. The smallest absolute Gasteiger partial charge is 0.268 e. The fraction of sp³-hybridized carbons (Fsp3) is 0.625. The average molecular weight is 291 g/mol. The summed E-state index contributed by atoms with van der Waals surface area (Å²) in [5, 5.41) is 3.73. The Bertz CT molecular complexity index is 522. The first-order chi connectivity index (χ1) is 7.52. The maximum atomic E-state index is 12.0. The van der Waals surface area contributed by atoms with Crippen molar-refractivity contribution in [2.45, 2.75) is 37.9 Å². The number of aryl methyl sites for hydroxylation is 2. The number of rotatable bonds is 3. The van der Waals surface area contributed by atoms with E-state index in [2.05, 4.69) is 5.10 Å². The van der Waals surface area contributed by atoms with E-state index in [1.807, 2.05) is 0 Å². The van der Waals surface area contributed by atoms with Crippen LogP contribution >= 0.6 is 10.7 Å². The Labute approximate surface area is 101 Å². The Morgan fingerprint density at radius 3 is 2.24 bits per heavy atom. The third kappa shape index (κ3) is 3.60. The molecule has 0 bridgehead atoms. The molecule has 0 aromatic carbocycles. The van der Waals surface area contributed by atoms with Gasteiger partial charge in [-0.3, -0.25) is 4.68 Å². The monoisotopic (exact) mass is 290 g/mol. The van der Waals surface area contributed by atoms with Crippen molar-refractivity contribution in [3.8, 4) is 0 Å². The lowest BCUT2D eigenvalue weighted by molar-refractivity contribution is -0.137. The van der Waals surface area contributed by atoms with Gasteiger partial charge in [-0.05, 0) is 13.8 Å². The molecule has 0 saturated carbocycles. The molecule has 1 aromatic heterocycles. The second-order valence-corrected chi connectivity index (χ2v) is 6.03. The number of halogens is 4. The molecular weight excluding hydrogens is 281 g/mol. The van der Waals surface area contributed by atoms with Crippen molar-refractivity contribution in [1.29, 1.82) is 0 Å². The first-order valence-corrected chi connectivity index (χ1v) is 6.89. The minimum atomic E-state index is -4.31. The molecule has 0 spiro atoms. The van der Waals surface area contributed by atoms with Gasteiger partial charge in [0.1, 0.15) is 4.90 Å². The predicted octanol–water partition coefficient (Wildman–Crippen LogP) is 2.38. The first-order valence-electron chi connectivity index (χ1n) is 4.58. The zero-order chi connectivity index (χ0) is 13.4. The Balaban J connectivity index is 3.06. The Hall–Kier alpha value is -0.760. The van der Waals surface area contributed by atoms with E-state index in [1.165, 1.54) is 13.8 Å². The lowest BCUT2D eigenvalue weighted by Crippen LogP contribution is -2.14. The van der Waals surface area contributed by atoms with Gasteiger partial charge in [-0.25, -0.2) is 8.42 Å². The second kappa shape index (κ2) is 4.49. The van der Waals surface area contributed by atoms with Crippen molar-refractivity contribution < 1.29 is 21.6 Å². The number of alkyl halides is 3. The lowest BCUT2D eigenvalue weighted by atomic mass is 10.4. The number of aromatic nitrogens is 2. The molecule has 0 unspecified atom stereocenters. The van der Waals surface area contributed by atoms with E-state index in [-0.39, 0.29) is 16.3 Å². The third-order valence-corrected chi connectivity index (χ3v) is 3.71. The Morgan fingerprint density at radius 1 is 1.35 bits per heavy atom. The second-order valence-electron chi connectivity index (χ2n) is 3.53. The summed E-state index contributed by atoms with van der Waals surface area (Å²) in [6, 6.07) is 0. The van der Waals surface area contributed by atoms with Crippen molar-refractivity contribution >= 4 is 19.7 Å². The largest absolute Gasteiger partial charge is 0.390 e. The van der Waals surface area contributed by atoms with Crippen LogP contribution < -0.4 is 0 Å². The zero-order valence-electron chi connectivity index (χ0n) is 9.05. The van der Waals surface area contributed by atoms with Gasteiger partial charge in [0.05, 0.1) is 17.8 Å². The fourth-order valence-electron chi connectivity index (χ4n) is 1.48. The van der Waals surface area contributed by atoms with E-state index in [9.17, 15) is 21.6 Å². The van der Waals surface area contributed by atoms with Gasteiger partial charge in [0.15, 0.2) is 0 Å². The van der Waals surface area contributed by atoms with Crippen LogP contribution in [0.4, 0.5) is 13.2 Å². The highest BCUT2D eigenvalue weighted by Crippen LogP contribution is 2.25. The summed E-state index contributed by atoms with van der Waals surface area (Å²) >= 11 is 0.